The second kappa shape index (κ2) is 13.1. The van der Waals surface area contributed by atoms with E-state index in [2.05, 4.69) is 20.6 Å². The Morgan fingerprint density at radius 1 is 1.02 bits per heavy atom. The van der Waals surface area contributed by atoms with Gasteiger partial charge in [-0.2, -0.15) is 0 Å². The van der Waals surface area contributed by atoms with Gasteiger partial charge in [-0.25, -0.2) is 18.7 Å². The van der Waals surface area contributed by atoms with Crippen LogP contribution in [0.2, 0.25) is 5.02 Å². The molecule has 0 bridgehead atoms. The van der Waals surface area contributed by atoms with Crippen molar-refractivity contribution in [3.05, 3.63) is 106 Å². The van der Waals surface area contributed by atoms with Crippen molar-refractivity contribution in [1.82, 2.24) is 20.2 Å². The summed E-state index contributed by atoms with van der Waals surface area (Å²) in [6.07, 6.45) is 1.79. The van der Waals surface area contributed by atoms with Crippen molar-refractivity contribution in [2.24, 2.45) is 10.7 Å². The van der Waals surface area contributed by atoms with E-state index in [1.807, 2.05) is 0 Å². The van der Waals surface area contributed by atoms with Gasteiger partial charge in [-0.1, -0.05) is 23.7 Å². The molecular weight excluding hydrogens is 576 g/mol. The minimum absolute atomic E-state index is 0.0983. The van der Waals surface area contributed by atoms with Gasteiger partial charge in [0.2, 0.25) is 11.9 Å². The van der Waals surface area contributed by atoms with Crippen LogP contribution < -0.4 is 16.4 Å². The van der Waals surface area contributed by atoms with Crippen LogP contribution in [0.1, 0.15) is 33.5 Å². The minimum atomic E-state index is -0.733. The van der Waals surface area contributed by atoms with Crippen LogP contribution in [-0.2, 0) is 11.3 Å². The van der Waals surface area contributed by atoms with Crippen LogP contribution in [0.15, 0.2) is 71.9 Å². The lowest BCUT2D eigenvalue weighted by Crippen LogP contribution is -2.38. The smallest absolute Gasteiger partial charge is 0.253 e. The van der Waals surface area contributed by atoms with Crippen LogP contribution in [0.25, 0.3) is 11.3 Å². The molecule has 0 unspecified atom stereocenters. The first-order valence-corrected chi connectivity index (χ1v) is 13.9. The number of carbonyl (C=O) groups excluding carboxylic acids is 2. The number of benzene rings is 3. The van der Waals surface area contributed by atoms with E-state index in [9.17, 15) is 18.4 Å². The Morgan fingerprint density at radius 3 is 2.47 bits per heavy atom. The molecule has 0 saturated carbocycles. The normalized spacial score (nSPS) is 12.0. The third kappa shape index (κ3) is 6.52. The molecule has 0 radical (unpaired) electrons. The Bertz CT molecular complexity index is 1690. The number of nitrogens with two attached hydrogens (primary N) is 1. The SMILES string of the molecule is CNC(=O)CCN(CCN)C(=O)c1ccc(Nc2ncc3c(n2)-c2ccc(Cl)cc2C(c2c(F)cccc2F)=NC3)cc1. The monoisotopic (exact) mass is 603 g/mol. The highest BCUT2D eigenvalue weighted by Gasteiger charge is 2.25. The molecule has 12 heteroatoms. The van der Waals surface area contributed by atoms with Crippen LogP contribution in [0, 0.1) is 11.6 Å². The molecule has 220 valence electrons. The summed E-state index contributed by atoms with van der Waals surface area (Å²) in [5.41, 5.74) is 8.89. The van der Waals surface area contributed by atoms with E-state index >= 15 is 0 Å². The Morgan fingerprint density at radius 2 is 1.77 bits per heavy atom. The Kier molecular flexibility index (Phi) is 9.03. The summed E-state index contributed by atoms with van der Waals surface area (Å²) in [6.45, 7) is 0.938. The number of hydrogen-bond donors (Lipinski definition) is 3. The maximum Gasteiger partial charge on any atom is 0.253 e. The maximum atomic E-state index is 14.8. The molecule has 4 aromatic rings. The summed E-state index contributed by atoms with van der Waals surface area (Å²) in [5, 5.41) is 6.07. The molecule has 0 saturated heterocycles. The van der Waals surface area contributed by atoms with E-state index < -0.39 is 11.6 Å². The Hall–Kier alpha value is -4.74. The molecule has 43 heavy (non-hydrogen) atoms. The maximum absolute atomic E-state index is 14.8. The standard InChI is InChI=1S/C31H28ClF2N7O2/c1-36-26(42)11-13-41(14-12-35)30(43)18-5-8-21(9-6-18)39-31-38-17-19-16-37-29(27-24(33)3-2-4-25(27)34)23-15-20(32)7-10-22(23)28(19)40-31/h2-10,15,17H,11-14,16,35H2,1H3,(H,36,42)(H,38,39,40). The molecule has 9 nitrogen and oxygen atoms in total. The first kappa shape index (κ1) is 29.7. The zero-order valence-corrected chi connectivity index (χ0v) is 24.0. The van der Waals surface area contributed by atoms with Crippen molar-refractivity contribution in [3.63, 3.8) is 0 Å². The summed E-state index contributed by atoms with van der Waals surface area (Å²) in [7, 11) is 1.54. The zero-order valence-electron chi connectivity index (χ0n) is 23.2. The highest BCUT2D eigenvalue weighted by Crippen LogP contribution is 2.34. The zero-order chi connectivity index (χ0) is 30.5. The van der Waals surface area contributed by atoms with Gasteiger partial charge in [-0.15, -0.1) is 0 Å². The number of fused-ring (bicyclic) bond motifs is 3. The number of rotatable bonds is 9. The predicted octanol–water partition coefficient (Wildman–Crippen LogP) is 4.71. The molecule has 0 spiro atoms. The molecular formula is C31H28ClF2N7O2. The van der Waals surface area contributed by atoms with Gasteiger partial charge in [0.1, 0.15) is 11.6 Å². The summed E-state index contributed by atoms with van der Waals surface area (Å²) < 4.78 is 29.6. The van der Waals surface area contributed by atoms with Crippen LogP contribution in [0.4, 0.5) is 20.4 Å². The van der Waals surface area contributed by atoms with Gasteiger partial charge in [0.25, 0.3) is 5.91 Å². The molecule has 1 aliphatic rings. The number of hydrogen-bond acceptors (Lipinski definition) is 7. The largest absolute Gasteiger partial charge is 0.359 e. The first-order chi connectivity index (χ1) is 20.8. The minimum Gasteiger partial charge on any atom is -0.359 e. The fraction of sp³-hybridized carbons (Fsp3) is 0.194. The van der Waals surface area contributed by atoms with Gasteiger partial charge in [0, 0.05) is 72.3 Å². The third-order valence-corrected chi connectivity index (χ3v) is 7.16. The number of carbonyl (C=O) groups is 2. The molecule has 1 aliphatic heterocycles. The van der Waals surface area contributed by atoms with Gasteiger partial charge in [-0.3, -0.25) is 14.6 Å². The van der Waals surface area contributed by atoms with E-state index in [-0.39, 0.29) is 55.1 Å². The van der Waals surface area contributed by atoms with E-state index in [4.69, 9.17) is 22.3 Å². The van der Waals surface area contributed by atoms with Gasteiger partial charge in [-0.05, 0) is 48.5 Å². The van der Waals surface area contributed by atoms with Crippen LogP contribution >= 0.6 is 11.6 Å². The Balaban J connectivity index is 1.41. The van der Waals surface area contributed by atoms with Gasteiger partial charge >= 0.3 is 0 Å². The van der Waals surface area contributed by atoms with E-state index in [0.29, 0.717) is 45.2 Å². The quantitative estimate of drug-likeness (QED) is 0.255. The first-order valence-electron chi connectivity index (χ1n) is 13.5. The van der Waals surface area contributed by atoms with Crippen molar-refractivity contribution in [2.75, 3.05) is 32.0 Å². The lowest BCUT2D eigenvalue weighted by molar-refractivity contribution is -0.120. The van der Waals surface area contributed by atoms with Crippen LogP contribution in [-0.4, -0.2) is 59.1 Å². The highest BCUT2D eigenvalue weighted by molar-refractivity contribution is 6.31. The van der Waals surface area contributed by atoms with Crippen LogP contribution in [0.5, 0.6) is 0 Å². The molecule has 2 amide bonds. The fourth-order valence-corrected chi connectivity index (χ4v) is 4.93. The molecule has 0 aliphatic carbocycles. The summed E-state index contributed by atoms with van der Waals surface area (Å²) in [6, 6.07) is 15.5. The van der Waals surface area contributed by atoms with E-state index in [0.717, 1.165) is 0 Å². The van der Waals surface area contributed by atoms with Crippen molar-refractivity contribution in [1.29, 1.82) is 0 Å². The fourth-order valence-electron chi connectivity index (χ4n) is 4.76. The van der Waals surface area contributed by atoms with E-state index in [1.165, 1.54) is 18.2 Å². The van der Waals surface area contributed by atoms with Gasteiger partial charge in [0.15, 0.2) is 0 Å². The van der Waals surface area contributed by atoms with Crippen LogP contribution in [0.3, 0.4) is 0 Å². The Labute approximate surface area is 251 Å². The topological polar surface area (TPSA) is 126 Å². The third-order valence-electron chi connectivity index (χ3n) is 6.93. The average Bonchev–Trinajstić information content (AvgIpc) is 3.15. The molecule has 2 heterocycles. The number of aliphatic imine (C=N–C) groups is 1. The number of nitrogens with one attached hydrogen (secondary N) is 2. The van der Waals surface area contributed by atoms with Crippen molar-refractivity contribution in [2.45, 2.75) is 13.0 Å². The molecule has 3 aromatic carbocycles. The molecule has 4 N–H and O–H groups in total. The van der Waals surface area contributed by atoms with Gasteiger partial charge < -0.3 is 21.3 Å². The molecule has 0 fully saturated rings. The molecule has 5 rings (SSSR count). The number of amides is 2. The molecule has 1 aromatic heterocycles. The van der Waals surface area contributed by atoms with Gasteiger partial charge in [0.05, 0.1) is 23.5 Å². The summed E-state index contributed by atoms with van der Waals surface area (Å²) >= 11 is 6.30. The average molecular weight is 604 g/mol. The number of anilines is 2. The molecule has 0 atom stereocenters. The number of aromatic nitrogens is 2. The predicted molar refractivity (Wildman–Crippen MR) is 162 cm³/mol. The summed E-state index contributed by atoms with van der Waals surface area (Å²) in [5.74, 6) is -1.59. The van der Waals surface area contributed by atoms with Crippen molar-refractivity contribution >= 4 is 40.8 Å². The van der Waals surface area contributed by atoms with Crippen molar-refractivity contribution < 1.29 is 18.4 Å². The second-order valence-corrected chi connectivity index (χ2v) is 10.2. The lowest BCUT2D eigenvalue weighted by Gasteiger charge is -2.22. The number of halogens is 3. The van der Waals surface area contributed by atoms with Crippen molar-refractivity contribution in [3.8, 4) is 11.3 Å². The van der Waals surface area contributed by atoms with E-state index in [1.54, 1.807) is 60.6 Å². The number of nitrogens with zero attached hydrogens (tertiary/aromatic N) is 4. The second-order valence-electron chi connectivity index (χ2n) is 9.73. The summed E-state index contributed by atoms with van der Waals surface area (Å²) in [4.78, 5) is 39.9. The highest BCUT2D eigenvalue weighted by atomic mass is 35.5. The lowest BCUT2D eigenvalue weighted by atomic mass is 9.95.